The topological polar surface area (TPSA) is 107 Å². The Kier molecular flexibility index (Phi) is 4.14. The maximum Gasteiger partial charge on any atom is 0.335 e. The zero-order valence-electron chi connectivity index (χ0n) is 13.4. The Morgan fingerprint density at radius 2 is 1.84 bits per heavy atom. The molecule has 0 aliphatic carbocycles. The summed E-state index contributed by atoms with van der Waals surface area (Å²) in [7, 11) is 0. The van der Waals surface area contributed by atoms with Gasteiger partial charge in [-0.2, -0.15) is 0 Å². The number of aryl methyl sites for hydroxylation is 1. The minimum Gasteiger partial charge on any atom is -0.506 e. The van der Waals surface area contributed by atoms with Crippen LogP contribution in [0.1, 0.15) is 22.3 Å². The molecule has 0 spiro atoms. The molecule has 25 heavy (non-hydrogen) atoms. The second kappa shape index (κ2) is 6.27. The highest BCUT2D eigenvalue weighted by Crippen LogP contribution is 2.29. The molecule has 2 aromatic rings. The second-order valence-electron chi connectivity index (χ2n) is 5.84. The molecule has 7 heteroatoms. The van der Waals surface area contributed by atoms with Gasteiger partial charge in [-0.1, -0.05) is 6.07 Å². The lowest BCUT2D eigenvalue weighted by Crippen LogP contribution is -2.34. The average molecular weight is 340 g/mol. The van der Waals surface area contributed by atoms with Crippen LogP contribution in [0, 0.1) is 6.92 Å². The quantitative estimate of drug-likeness (QED) is 0.581. The van der Waals surface area contributed by atoms with Crippen LogP contribution >= 0.6 is 0 Å². The third kappa shape index (κ3) is 3.16. The van der Waals surface area contributed by atoms with Crippen molar-refractivity contribution < 1.29 is 24.6 Å². The van der Waals surface area contributed by atoms with Gasteiger partial charge >= 0.3 is 5.97 Å². The van der Waals surface area contributed by atoms with Crippen LogP contribution in [0.4, 0.5) is 11.4 Å². The van der Waals surface area contributed by atoms with Crippen molar-refractivity contribution in [3.63, 3.8) is 0 Å². The average Bonchev–Trinajstić information content (AvgIpc) is 2.85. The Balaban J connectivity index is 1.82. The van der Waals surface area contributed by atoms with E-state index in [-0.39, 0.29) is 17.7 Å². The lowest BCUT2D eigenvalue weighted by Gasteiger charge is -2.17. The summed E-state index contributed by atoms with van der Waals surface area (Å²) in [6.45, 7) is 1.85. The summed E-state index contributed by atoms with van der Waals surface area (Å²) in [6.07, 6.45) is -0.0487. The van der Waals surface area contributed by atoms with Gasteiger partial charge in [0.1, 0.15) is 11.8 Å². The van der Waals surface area contributed by atoms with Gasteiger partial charge in [-0.15, -0.1) is 0 Å². The van der Waals surface area contributed by atoms with Gasteiger partial charge in [-0.3, -0.25) is 9.59 Å². The van der Waals surface area contributed by atoms with Crippen molar-refractivity contribution in [1.82, 2.24) is 0 Å². The number of carboxylic acid groups (broad SMARTS) is 1. The van der Waals surface area contributed by atoms with Gasteiger partial charge in [0.25, 0.3) is 5.91 Å². The fourth-order valence-electron chi connectivity index (χ4n) is 2.72. The molecule has 1 atom stereocenters. The number of carboxylic acids is 1. The summed E-state index contributed by atoms with van der Waals surface area (Å²) >= 11 is 0. The Bertz CT molecular complexity index is 860. The highest BCUT2D eigenvalue weighted by atomic mass is 16.4. The normalized spacial score (nSPS) is 17.0. The van der Waals surface area contributed by atoms with E-state index in [1.54, 1.807) is 12.1 Å². The summed E-state index contributed by atoms with van der Waals surface area (Å²) < 4.78 is 0. The predicted molar refractivity (Wildman–Crippen MR) is 90.8 cm³/mol. The van der Waals surface area contributed by atoms with Gasteiger partial charge in [0.05, 0.1) is 23.4 Å². The molecule has 1 fully saturated rings. The fourth-order valence-corrected chi connectivity index (χ4v) is 2.72. The zero-order chi connectivity index (χ0) is 18.1. The summed E-state index contributed by atoms with van der Waals surface area (Å²) in [5.41, 5.74) is 1.67. The van der Waals surface area contributed by atoms with E-state index in [9.17, 15) is 19.5 Å². The standard InChI is InChI=1S/C18H16N2O5/c1-10-2-7-15(21)13(8-10)19-14-9-16(22)20(17(14)23)12-5-3-11(4-6-12)18(24)25/h2-8,14,19,21H,9H2,1H3,(H,24,25). The zero-order valence-corrected chi connectivity index (χ0v) is 13.4. The molecule has 1 aliphatic heterocycles. The van der Waals surface area contributed by atoms with Gasteiger partial charge in [0.15, 0.2) is 0 Å². The molecule has 1 aliphatic rings. The van der Waals surface area contributed by atoms with E-state index < -0.39 is 23.8 Å². The number of benzene rings is 2. The molecule has 2 aromatic carbocycles. The van der Waals surface area contributed by atoms with E-state index in [1.807, 2.05) is 6.92 Å². The summed E-state index contributed by atoms with van der Waals surface area (Å²) in [6, 6.07) is 9.67. The number of hydrogen-bond donors (Lipinski definition) is 3. The van der Waals surface area contributed by atoms with Gasteiger partial charge in [0.2, 0.25) is 5.91 Å². The monoisotopic (exact) mass is 340 g/mol. The first kappa shape index (κ1) is 16.5. The maximum atomic E-state index is 12.6. The first-order valence-electron chi connectivity index (χ1n) is 7.63. The number of aromatic hydroxyl groups is 1. The van der Waals surface area contributed by atoms with Crippen LogP contribution in [-0.2, 0) is 9.59 Å². The van der Waals surface area contributed by atoms with Crippen molar-refractivity contribution >= 4 is 29.2 Å². The third-order valence-electron chi connectivity index (χ3n) is 4.00. The van der Waals surface area contributed by atoms with Crippen molar-refractivity contribution in [1.29, 1.82) is 0 Å². The number of rotatable bonds is 4. The molecule has 1 unspecified atom stereocenters. The number of nitrogens with one attached hydrogen (secondary N) is 1. The molecule has 1 heterocycles. The molecular formula is C18H16N2O5. The lowest BCUT2D eigenvalue weighted by molar-refractivity contribution is -0.121. The van der Waals surface area contributed by atoms with Crippen molar-refractivity contribution in [2.24, 2.45) is 0 Å². The minimum atomic E-state index is -1.08. The highest BCUT2D eigenvalue weighted by molar-refractivity contribution is 6.23. The molecule has 0 bridgehead atoms. The number of anilines is 2. The lowest BCUT2D eigenvalue weighted by atomic mass is 10.1. The third-order valence-corrected chi connectivity index (χ3v) is 4.00. The van der Waals surface area contributed by atoms with Crippen LogP contribution < -0.4 is 10.2 Å². The molecule has 0 saturated carbocycles. The number of phenolic OH excluding ortho intramolecular Hbond substituents is 1. The number of carbonyl (C=O) groups is 3. The number of aromatic carboxylic acids is 1. The van der Waals surface area contributed by atoms with E-state index in [0.717, 1.165) is 10.5 Å². The molecule has 1 saturated heterocycles. The molecule has 0 radical (unpaired) electrons. The molecule has 128 valence electrons. The molecule has 3 N–H and O–H groups in total. The molecule has 3 rings (SSSR count). The first-order chi connectivity index (χ1) is 11.9. The SMILES string of the molecule is Cc1ccc(O)c(NC2CC(=O)N(c3ccc(C(=O)O)cc3)C2=O)c1. The van der Waals surface area contributed by atoms with Gasteiger partial charge < -0.3 is 15.5 Å². The van der Waals surface area contributed by atoms with E-state index >= 15 is 0 Å². The number of hydrogen-bond acceptors (Lipinski definition) is 5. The molecular weight excluding hydrogens is 324 g/mol. The van der Waals surface area contributed by atoms with E-state index in [1.165, 1.54) is 30.3 Å². The van der Waals surface area contributed by atoms with Crippen LogP contribution in [0.25, 0.3) is 0 Å². The Labute approximate surface area is 143 Å². The molecule has 2 amide bonds. The smallest absolute Gasteiger partial charge is 0.335 e. The predicted octanol–water partition coefficient (Wildman–Crippen LogP) is 2.14. The molecule has 7 nitrogen and oxygen atoms in total. The summed E-state index contributed by atoms with van der Waals surface area (Å²) in [5.74, 6) is -1.93. The highest BCUT2D eigenvalue weighted by Gasteiger charge is 2.39. The van der Waals surface area contributed by atoms with E-state index in [0.29, 0.717) is 11.4 Å². The Morgan fingerprint density at radius 3 is 2.48 bits per heavy atom. The van der Waals surface area contributed by atoms with Crippen LogP contribution in [0.15, 0.2) is 42.5 Å². The van der Waals surface area contributed by atoms with E-state index in [4.69, 9.17) is 5.11 Å². The van der Waals surface area contributed by atoms with Crippen molar-refractivity contribution in [2.75, 3.05) is 10.2 Å². The van der Waals surface area contributed by atoms with Crippen molar-refractivity contribution in [3.8, 4) is 5.75 Å². The Morgan fingerprint density at radius 1 is 1.16 bits per heavy atom. The van der Waals surface area contributed by atoms with Gasteiger partial charge in [-0.25, -0.2) is 9.69 Å². The maximum absolute atomic E-state index is 12.6. The number of nitrogens with zero attached hydrogens (tertiary/aromatic N) is 1. The summed E-state index contributed by atoms with van der Waals surface area (Å²) in [4.78, 5) is 36.7. The van der Waals surface area contributed by atoms with Crippen molar-refractivity contribution in [3.05, 3.63) is 53.6 Å². The summed E-state index contributed by atoms with van der Waals surface area (Å²) in [5, 5.41) is 21.7. The van der Waals surface area contributed by atoms with Crippen LogP contribution in [-0.4, -0.2) is 34.0 Å². The number of amides is 2. The van der Waals surface area contributed by atoms with Gasteiger partial charge in [0, 0.05) is 0 Å². The number of phenols is 1. The largest absolute Gasteiger partial charge is 0.506 e. The van der Waals surface area contributed by atoms with Crippen molar-refractivity contribution in [2.45, 2.75) is 19.4 Å². The number of imide groups is 1. The number of carbonyl (C=O) groups excluding carboxylic acids is 2. The van der Waals surface area contributed by atoms with Crippen LogP contribution in [0.3, 0.4) is 0 Å². The second-order valence-corrected chi connectivity index (χ2v) is 5.84. The Hall–Kier alpha value is -3.35. The van der Waals surface area contributed by atoms with Gasteiger partial charge in [-0.05, 0) is 48.9 Å². The first-order valence-corrected chi connectivity index (χ1v) is 7.63. The molecule has 0 aromatic heterocycles. The van der Waals surface area contributed by atoms with E-state index in [2.05, 4.69) is 5.32 Å². The fraction of sp³-hybridized carbons (Fsp3) is 0.167. The minimum absolute atomic E-state index is 0.00453. The van der Waals surface area contributed by atoms with Crippen LogP contribution in [0.2, 0.25) is 0 Å². The van der Waals surface area contributed by atoms with Crippen LogP contribution in [0.5, 0.6) is 5.75 Å².